The Kier molecular flexibility index (Phi) is 3.07. The summed E-state index contributed by atoms with van der Waals surface area (Å²) in [6.45, 7) is 0. The summed E-state index contributed by atoms with van der Waals surface area (Å²) < 4.78 is 10.1. The van der Waals surface area contributed by atoms with Crippen molar-refractivity contribution in [1.29, 1.82) is 0 Å². The zero-order valence-corrected chi connectivity index (χ0v) is 9.18. The van der Waals surface area contributed by atoms with Crippen LogP contribution in [0.2, 0.25) is 5.22 Å². The van der Waals surface area contributed by atoms with Crippen molar-refractivity contribution in [3.8, 4) is 5.88 Å². The predicted octanol–water partition coefficient (Wildman–Crippen LogP) is 1.81. The molecule has 2 rings (SSSR count). The molecule has 0 aromatic carbocycles. The molecule has 2 aromatic rings. The van der Waals surface area contributed by atoms with Gasteiger partial charge < -0.3 is 14.3 Å². The Bertz CT molecular complexity index is 486. The molecule has 1 atom stereocenters. The van der Waals surface area contributed by atoms with Gasteiger partial charge in [0.15, 0.2) is 11.3 Å². The highest BCUT2D eigenvalue weighted by Gasteiger charge is 2.20. The summed E-state index contributed by atoms with van der Waals surface area (Å²) in [5, 5.41) is 10.2. The van der Waals surface area contributed by atoms with E-state index in [0.717, 1.165) is 0 Å². The number of aromatic nitrogens is 2. The zero-order chi connectivity index (χ0) is 11.5. The fraction of sp³-hybridized carbons (Fsp3) is 0.200. The Labute approximate surface area is 96.7 Å². The van der Waals surface area contributed by atoms with Crippen LogP contribution in [0.15, 0.2) is 28.9 Å². The maximum Gasteiger partial charge on any atom is 0.238 e. The molecule has 0 bridgehead atoms. The number of aliphatic hydroxyl groups is 1. The van der Waals surface area contributed by atoms with Crippen LogP contribution in [0.3, 0.4) is 0 Å². The van der Waals surface area contributed by atoms with Crippen molar-refractivity contribution in [3.05, 3.63) is 41.2 Å². The molecule has 2 heterocycles. The molecule has 0 amide bonds. The van der Waals surface area contributed by atoms with E-state index in [1.54, 1.807) is 12.1 Å². The molecule has 16 heavy (non-hydrogen) atoms. The Morgan fingerprint density at radius 1 is 1.38 bits per heavy atom. The minimum absolute atomic E-state index is 0.205. The predicted molar refractivity (Wildman–Crippen MR) is 56.4 cm³/mol. The highest BCUT2D eigenvalue weighted by atomic mass is 35.5. The van der Waals surface area contributed by atoms with Crippen LogP contribution in [0.1, 0.15) is 17.6 Å². The second-order valence-corrected chi connectivity index (χ2v) is 3.37. The molecule has 6 heteroatoms. The van der Waals surface area contributed by atoms with E-state index in [0.29, 0.717) is 5.76 Å². The van der Waals surface area contributed by atoms with Crippen LogP contribution in [0.25, 0.3) is 0 Å². The van der Waals surface area contributed by atoms with E-state index in [1.807, 2.05) is 0 Å². The lowest BCUT2D eigenvalue weighted by Gasteiger charge is -2.09. The highest BCUT2D eigenvalue weighted by molar-refractivity contribution is 6.28. The van der Waals surface area contributed by atoms with Crippen LogP contribution in [0.5, 0.6) is 5.88 Å². The Morgan fingerprint density at radius 3 is 2.75 bits per heavy atom. The van der Waals surface area contributed by atoms with Crippen molar-refractivity contribution in [3.63, 3.8) is 0 Å². The van der Waals surface area contributed by atoms with Gasteiger partial charge in [-0.05, 0) is 23.7 Å². The van der Waals surface area contributed by atoms with E-state index in [9.17, 15) is 5.11 Å². The Balaban J connectivity index is 2.36. The lowest BCUT2D eigenvalue weighted by Crippen LogP contribution is -2.05. The van der Waals surface area contributed by atoms with Gasteiger partial charge in [-0.2, -0.15) is 0 Å². The van der Waals surface area contributed by atoms with Crippen molar-refractivity contribution >= 4 is 11.6 Å². The van der Waals surface area contributed by atoms with Crippen molar-refractivity contribution < 1.29 is 14.3 Å². The van der Waals surface area contributed by atoms with Crippen LogP contribution in [0, 0.1) is 0 Å². The van der Waals surface area contributed by atoms with Gasteiger partial charge in [-0.3, -0.25) is 4.98 Å². The van der Waals surface area contributed by atoms with Crippen LogP contribution in [-0.4, -0.2) is 22.2 Å². The van der Waals surface area contributed by atoms with Gasteiger partial charge in [0.2, 0.25) is 5.88 Å². The molecule has 0 aliphatic heterocycles. The van der Waals surface area contributed by atoms with Crippen LogP contribution in [-0.2, 0) is 0 Å². The zero-order valence-electron chi connectivity index (χ0n) is 8.42. The summed E-state index contributed by atoms with van der Waals surface area (Å²) >= 11 is 5.62. The van der Waals surface area contributed by atoms with Gasteiger partial charge in [0.05, 0.1) is 7.11 Å². The van der Waals surface area contributed by atoms with E-state index in [-0.39, 0.29) is 16.8 Å². The maximum atomic E-state index is 9.98. The topological polar surface area (TPSA) is 68.4 Å². The number of hydrogen-bond donors (Lipinski definition) is 1. The van der Waals surface area contributed by atoms with E-state index >= 15 is 0 Å². The summed E-state index contributed by atoms with van der Waals surface area (Å²) in [6, 6.07) is 3.12. The van der Waals surface area contributed by atoms with Gasteiger partial charge in [0.1, 0.15) is 11.5 Å². The van der Waals surface area contributed by atoms with E-state index in [4.69, 9.17) is 20.8 Å². The number of ether oxygens (including phenoxy) is 1. The lowest BCUT2D eigenvalue weighted by molar-refractivity contribution is 0.179. The lowest BCUT2D eigenvalue weighted by atomic mass is 10.2. The van der Waals surface area contributed by atoms with Gasteiger partial charge in [-0.1, -0.05) is 0 Å². The number of furan rings is 1. The summed E-state index contributed by atoms with van der Waals surface area (Å²) in [6.07, 6.45) is 1.90. The normalized spacial score (nSPS) is 12.4. The average molecular weight is 241 g/mol. The summed E-state index contributed by atoms with van der Waals surface area (Å²) in [5.74, 6) is 0.548. The molecule has 0 saturated heterocycles. The van der Waals surface area contributed by atoms with E-state index in [1.165, 1.54) is 19.5 Å². The molecule has 1 unspecified atom stereocenters. The molecule has 0 aliphatic rings. The number of aliphatic hydroxyl groups excluding tert-OH is 1. The highest BCUT2D eigenvalue weighted by Crippen LogP contribution is 2.28. The Hall–Kier alpha value is -1.59. The third-order valence-electron chi connectivity index (χ3n) is 2.01. The summed E-state index contributed by atoms with van der Waals surface area (Å²) in [7, 11) is 1.45. The smallest absolute Gasteiger partial charge is 0.238 e. The quantitative estimate of drug-likeness (QED) is 0.886. The number of halogens is 1. The standard InChI is InChI=1S/C10H9ClN2O3/c1-15-10-8(12-4-5-13-10)9(14)6-2-3-7(11)16-6/h2-5,9,14H,1H3. The molecular weight excluding hydrogens is 232 g/mol. The summed E-state index contributed by atoms with van der Waals surface area (Å²) in [4.78, 5) is 7.93. The SMILES string of the molecule is COc1nccnc1C(O)c1ccc(Cl)o1. The first-order valence-corrected chi connectivity index (χ1v) is 4.88. The Morgan fingerprint density at radius 2 is 2.12 bits per heavy atom. The number of hydrogen-bond acceptors (Lipinski definition) is 5. The fourth-order valence-corrected chi connectivity index (χ4v) is 1.44. The number of rotatable bonds is 3. The van der Waals surface area contributed by atoms with Crippen LogP contribution >= 0.6 is 11.6 Å². The van der Waals surface area contributed by atoms with Crippen LogP contribution < -0.4 is 4.74 Å². The molecule has 0 aliphatic carbocycles. The molecular formula is C10H9ClN2O3. The second kappa shape index (κ2) is 4.51. The van der Waals surface area contributed by atoms with Crippen molar-refractivity contribution in [1.82, 2.24) is 9.97 Å². The number of methoxy groups -OCH3 is 1. The van der Waals surface area contributed by atoms with Crippen molar-refractivity contribution in [2.45, 2.75) is 6.10 Å². The van der Waals surface area contributed by atoms with Crippen molar-refractivity contribution in [2.24, 2.45) is 0 Å². The minimum atomic E-state index is -1.05. The first-order chi connectivity index (χ1) is 7.72. The first kappa shape index (κ1) is 10.9. The van der Waals surface area contributed by atoms with Gasteiger partial charge in [-0.25, -0.2) is 4.98 Å². The van der Waals surface area contributed by atoms with Gasteiger partial charge in [0, 0.05) is 12.4 Å². The molecule has 84 valence electrons. The molecule has 2 aromatic heterocycles. The average Bonchev–Trinajstić information content (AvgIpc) is 2.75. The molecule has 1 N–H and O–H groups in total. The molecule has 0 saturated carbocycles. The molecule has 5 nitrogen and oxygen atoms in total. The maximum absolute atomic E-state index is 9.98. The van der Waals surface area contributed by atoms with E-state index in [2.05, 4.69) is 9.97 Å². The molecule has 0 radical (unpaired) electrons. The van der Waals surface area contributed by atoms with Crippen molar-refractivity contribution in [2.75, 3.05) is 7.11 Å². The van der Waals surface area contributed by atoms with Gasteiger partial charge in [0.25, 0.3) is 0 Å². The van der Waals surface area contributed by atoms with Crippen LogP contribution in [0.4, 0.5) is 0 Å². The third-order valence-corrected chi connectivity index (χ3v) is 2.21. The van der Waals surface area contributed by atoms with Gasteiger partial charge >= 0.3 is 0 Å². The third kappa shape index (κ3) is 2.00. The fourth-order valence-electron chi connectivity index (χ4n) is 1.29. The number of nitrogens with zero attached hydrogens (tertiary/aromatic N) is 2. The monoisotopic (exact) mass is 240 g/mol. The summed E-state index contributed by atoms with van der Waals surface area (Å²) in [5.41, 5.74) is 0.288. The van der Waals surface area contributed by atoms with E-state index < -0.39 is 6.10 Å². The molecule has 0 fully saturated rings. The van der Waals surface area contributed by atoms with Gasteiger partial charge in [-0.15, -0.1) is 0 Å². The minimum Gasteiger partial charge on any atom is -0.480 e. The molecule has 0 spiro atoms. The largest absolute Gasteiger partial charge is 0.480 e. The first-order valence-electron chi connectivity index (χ1n) is 4.50. The second-order valence-electron chi connectivity index (χ2n) is 3.00.